The summed E-state index contributed by atoms with van der Waals surface area (Å²) >= 11 is 5.84. The molecule has 5 nitrogen and oxygen atoms in total. The first-order chi connectivity index (χ1) is 8.51. The number of nitrogens with one attached hydrogen (secondary N) is 1. The van der Waals surface area contributed by atoms with Gasteiger partial charge in [-0.25, -0.2) is 13.1 Å². The highest BCUT2D eigenvalue weighted by atomic mass is 35.5. The molecule has 0 radical (unpaired) electrons. The molecule has 3 N–H and O–H groups in total. The third kappa shape index (κ3) is 3.96. The van der Waals surface area contributed by atoms with Gasteiger partial charge in [0.25, 0.3) is 0 Å². The molecule has 0 amide bonds. The fourth-order valence-electron chi connectivity index (χ4n) is 1.34. The molecule has 0 unspecified atom stereocenters. The molecule has 0 spiro atoms. The van der Waals surface area contributed by atoms with E-state index in [0.717, 1.165) is 6.42 Å². The molecule has 0 heterocycles. The summed E-state index contributed by atoms with van der Waals surface area (Å²) in [6.45, 7) is 0.842. The molecule has 18 heavy (non-hydrogen) atoms. The number of nitrogens with zero attached hydrogens (tertiary/aromatic N) is 1. The number of hydrogen-bond donors (Lipinski definition) is 2. The molecule has 0 atom stereocenters. The summed E-state index contributed by atoms with van der Waals surface area (Å²) in [6, 6.07) is 5.96. The number of hydrogen-bond acceptors (Lipinski definition) is 4. The lowest BCUT2D eigenvalue weighted by molar-refractivity contribution is 0.577. The van der Waals surface area contributed by atoms with Crippen molar-refractivity contribution in [1.82, 2.24) is 4.72 Å². The van der Waals surface area contributed by atoms with Crippen LogP contribution in [0.5, 0.6) is 0 Å². The van der Waals surface area contributed by atoms with Gasteiger partial charge in [0.2, 0.25) is 10.0 Å². The largest absolute Gasteiger partial charge is 0.330 e. The molecule has 0 bridgehead atoms. The highest BCUT2D eigenvalue weighted by molar-refractivity contribution is 7.89. The summed E-state index contributed by atoms with van der Waals surface area (Å²) in [7, 11) is -3.63. The van der Waals surface area contributed by atoms with Gasteiger partial charge in [0.1, 0.15) is 4.90 Å². The summed E-state index contributed by atoms with van der Waals surface area (Å²) in [5.41, 5.74) is 5.64. The maximum absolute atomic E-state index is 11.9. The van der Waals surface area contributed by atoms with Crippen molar-refractivity contribution in [2.24, 2.45) is 5.73 Å². The number of halogens is 1. The highest BCUT2D eigenvalue weighted by Gasteiger charge is 2.17. The van der Waals surface area contributed by atoms with Gasteiger partial charge >= 0.3 is 0 Å². The second kappa shape index (κ2) is 6.71. The van der Waals surface area contributed by atoms with Crippen molar-refractivity contribution < 1.29 is 8.42 Å². The number of nitriles is 1. The maximum Gasteiger partial charge on any atom is 0.242 e. The molecule has 7 heteroatoms. The van der Waals surface area contributed by atoms with Crippen molar-refractivity contribution in [1.29, 1.82) is 5.26 Å². The Bertz CT molecular complexity index is 552. The Kier molecular flexibility index (Phi) is 5.56. The second-order valence-electron chi connectivity index (χ2n) is 3.65. The monoisotopic (exact) mass is 287 g/mol. The molecule has 1 aromatic rings. The SMILES string of the molecule is N#Cc1ccc(S(=O)(=O)NCCCCN)c(Cl)c1. The molecule has 98 valence electrons. The Morgan fingerprint density at radius 3 is 2.67 bits per heavy atom. The van der Waals surface area contributed by atoms with E-state index in [-0.39, 0.29) is 9.92 Å². The summed E-state index contributed by atoms with van der Waals surface area (Å²) in [4.78, 5) is -0.0177. The average Bonchev–Trinajstić information content (AvgIpc) is 2.34. The van der Waals surface area contributed by atoms with E-state index >= 15 is 0 Å². The summed E-state index contributed by atoms with van der Waals surface area (Å²) in [5.74, 6) is 0. The first kappa shape index (κ1) is 14.9. The molecule has 0 aliphatic heterocycles. The van der Waals surface area contributed by atoms with Gasteiger partial charge < -0.3 is 5.73 Å². The minimum atomic E-state index is -3.63. The third-order valence-corrected chi connectivity index (χ3v) is 4.22. The third-order valence-electron chi connectivity index (χ3n) is 2.27. The lowest BCUT2D eigenvalue weighted by atomic mass is 10.2. The summed E-state index contributed by atoms with van der Waals surface area (Å²) in [6.07, 6.45) is 1.42. The number of nitrogens with two attached hydrogens (primary N) is 1. The van der Waals surface area contributed by atoms with E-state index in [1.54, 1.807) is 0 Å². The Balaban J connectivity index is 2.82. The first-order valence-electron chi connectivity index (χ1n) is 5.40. The van der Waals surface area contributed by atoms with Crippen molar-refractivity contribution in [3.05, 3.63) is 28.8 Å². The molecule has 0 saturated carbocycles. The zero-order valence-corrected chi connectivity index (χ0v) is 11.3. The van der Waals surface area contributed by atoms with Crippen molar-refractivity contribution >= 4 is 21.6 Å². The first-order valence-corrected chi connectivity index (χ1v) is 7.27. The Hall–Kier alpha value is -1.13. The van der Waals surface area contributed by atoms with Crippen molar-refractivity contribution in [3.8, 4) is 6.07 Å². The standard InChI is InChI=1S/C11H14ClN3O2S/c12-10-7-9(8-14)3-4-11(10)18(16,17)15-6-2-1-5-13/h3-4,7,15H,1-2,5-6,13H2. The van der Waals surface area contributed by atoms with Crippen LogP contribution >= 0.6 is 11.6 Å². The van der Waals surface area contributed by atoms with Gasteiger partial charge in [-0.3, -0.25) is 0 Å². The lowest BCUT2D eigenvalue weighted by Crippen LogP contribution is -2.25. The fourth-order valence-corrected chi connectivity index (χ4v) is 2.96. The number of benzene rings is 1. The molecule has 0 aliphatic carbocycles. The molecule has 1 aromatic carbocycles. The summed E-state index contributed by atoms with van der Waals surface area (Å²) < 4.78 is 26.2. The van der Waals surface area contributed by atoms with Crippen LogP contribution in [0.15, 0.2) is 23.1 Å². The van der Waals surface area contributed by atoms with Gasteiger partial charge in [-0.05, 0) is 37.6 Å². The van der Waals surface area contributed by atoms with Crippen LogP contribution in [0.4, 0.5) is 0 Å². The minimum Gasteiger partial charge on any atom is -0.330 e. The number of rotatable bonds is 6. The van der Waals surface area contributed by atoms with E-state index in [4.69, 9.17) is 22.6 Å². The van der Waals surface area contributed by atoms with Crippen molar-refractivity contribution in [2.45, 2.75) is 17.7 Å². The number of sulfonamides is 1. The van der Waals surface area contributed by atoms with Crippen molar-refractivity contribution in [2.75, 3.05) is 13.1 Å². The Morgan fingerprint density at radius 2 is 2.11 bits per heavy atom. The van der Waals surface area contributed by atoms with E-state index in [1.165, 1.54) is 18.2 Å². The zero-order valence-electron chi connectivity index (χ0n) is 9.69. The van der Waals surface area contributed by atoms with E-state index in [0.29, 0.717) is 25.1 Å². The van der Waals surface area contributed by atoms with Gasteiger partial charge in [-0.15, -0.1) is 0 Å². The Morgan fingerprint density at radius 1 is 1.39 bits per heavy atom. The van der Waals surface area contributed by atoms with Gasteiger partial charge in [0.05, 0.1) is 16.7 Å². The van der Waals surface area contributed by atoms with Crippen LogP contribution in [0.2, 0.25) is 5.02 Å². The molecule has 0 fully saturated rings. The minimum absolute atomic E-state index is 0.0177. The van der Waals surface area contributed by atoms with Gasteiger partial charge in [0.15, 0.2) is 0 Å². The van der Waals surface area contributed by atoms with Crippen LogP contribution in [-0.2, 0) is 10.0 Å². The van der Waals surface area contributed by atoms with E-state index < -0.39 is 10.0 Å². The second-order valence-corrected chi connectivity index (χ2v) is 5.79. The summed E-state index contributed by atoms with van der Waals surface area (Å²) in [5, 5.41) is 8.71. The van der Waals surface area contributed by atoms with Crippen LogP contribution in [0.3, 0.4) is 0 Å². The molecular formula is C11H14ClN3O2S. The smallest absolute Gasteiger partial charge is 0.242 e. The van der Waals surface area contributed by atoms with Crippen LogP contribution in [-0.4, -0.2) is 21.5 Å². The molecule has 0 aliphatic rings. The zero-order chi connectivity index (χ0) is 13.6. The van der Waals surface area contributed by atoms with Crippen LogP contribution in [0.1, 0.15) is 18.4 Å². The number of unbranched alkanes of at least 4 members (excludes halogenated alkanes) is 1. The van der Waals surface area contributed by atoms with Crippen LogP contribution in [0.25, 0.3) is 0 Å². The van der Waals surface area contributed by atoms with Crippen molar-refractivity contribution in [3.63, 3.8) is 0 Å². The predicted octanol–water partition coefficient (Wildman–Crippen LogP) is 1.23. The van der Waals surface area contributed by atoms with Crippen LogP contribution < -0.4 is 10.5 Å². The Labute approximate surface area is 112 Å². The van der Waals surface area contributed by atoms with Gasteiger partial charge in [0, 0.05) is 6.54 Å². The van der Waals surface area contributed by atoms with Crippen LogP contribution in [0, 0.1) is 11.3 Å². The maximum atomic E-state index is 11.9. The van der Waals surface area contributed by atoms with E-state index in [2.05, 4.69) is 4.72 Å². The highest BCUT2D eigenvalue weighted by Crippen LogP contribution is 2.22. The van der Waals surface area contributed by atoms with Gasteiger partial charge in [-0.2, -0.15) is 5.26 Å². The fraction of sp³-hybridized carbons (Fsp3) is 0.364. The average molecular weight is 288 g/mol. The lowest BCUT2D eigenvalue weighted by Gasteiger charge is -2.08. The van der Waals surface area contributed by atoms with Gasteiger partial charge in [-0.1, -0.05) is 11.6 Å². The van der Waals surface area contributed by atoms with E-state index in [9.17, 15) is 8.42 Å². The predicted molar refractivity (Wildman–Crippen MR) is 69.6 cm³/mol. The van der Waals surface area contributed by atoms with E-state index in [1.807, 2.05) is 6.07 Å². The quantitative estimate of drug-likeness (QED) is 0.769. The molecule has 0 saturated heterocycles. The molecule has 1 rings (SSSR count). The normalized spacial score (nSPS) is 11.2. The topological polar surface area (TPSA) is 96.0 Å². The molecule has 0 aromatic heterocycles. The molecular weight excluding hydrogens is 274 g/mol.